The van der Waals surface area contributed by atoms with Crippen molar-refractivity contribution in [1.82, 2.24) is 4.90 Å². The van der Waals surface area contributed by atoms with E-state index >= 15 is 0 Å². The van der Waals surface area contributed by atoms with E-state index in [0.29, 0.717) is 13.1 Å². The highest BCUT2D eigenvalue weighted by atomic mass is 35.5. The van der Waals surface area contributed by atoms with Gasteiger partial charge >= 0.3 is 0 Å². The molecule has 0 aliphatic carbocycles. The lowest BCUT2D eigenvalue weighted by molar-refractivity contribution is 0.0736. The van der Waals surface area contributed by atoms with Gasteiger partial charge in [0, 0.05) is 18.0 Å². The number of hydrogen-bond acceptors (Lipinski definition) is 4. The zero-order valence-electron chi connectivity index (χ0n) is 15.4. The molecule has 1 aliphatic rings. The molecule has 0 unspecified atom stereocenters. The van der Waals surface area contributed by atoms with Crippen LogP contribution in [0.5, 0.6) is 0 Å². The van der Waals surface area contributed by atoms with Crippen molar-refractivity contribution in [1.29, 1.82) is 0 Å². The number of carbonyl (C=O) groups excluding carboxylic acids is 1. The highest BCUT2D eigenvalue weighted by Gasteiger charge is 2.28. The topological polar surface area (TPSA) is 66.5 Å². The number of sulfonamides is 1. The molecular formula is C20H15Cl2FN2O3S2. The summed E-state index contributed by atoms with van der Waals surface area (Å²) in [5, 5.41) is 1.86. The fourth-order valence-electron chi connectivity index (χ4n) is 3.23. The summed E-state index contributed by atoms with van der Waals surface area (Å²) >= 11 is 14.0. The molecule has 0 fully saturated rings. The van der Waals surface area contributed by atoms with Crippen LogP contribution in [0.4, 0.5) is 10.1 Å². The summed E-state index contributed by atoms with van der Waals surface area (Å²) in [6.45, 7) is 0.924. The van der Waals surface area contributed by atoms with E-state index in [9.17, 15) is 17.6 Å². The Morgan fingerprint density at radius 3 is 2.67 bits per heavy atom. The van der Waals surface area contributed by atoms with Crippen LogP contribution in [0, 0.1) is 5.82 Å². The number of benzene rings is 2. The fraction of sp³-hybridized carbons (Fsp3) is 0.150. The second-order valence-electron chi connectivity index (χ2n) is 6.69. The maximum Gasteiger partial charge on any atom is 0.263 e. The number of fused-ring (bicyclic) bond motifs is 1. The number of amides is 1. The summed E-state index contributed by atoms with van der Waals surface area (Å²) in [5.41, 5.74) is 0.866. The molecule has 2 aromatic carbocycles. The van der Waals surface area contributed by atoms with E-state index in [4.69, 9.17) is 23.2 Å². The lowest BCUT2D eigenvalue weighted by atomic mass is 10.1. The Morgan fingerprint density at radius 2 is 1.90 bits per heavy atom. The van der Waals surface area contributed by atoms with Crippen LogP contribution in [0.1, 0.15) is 20.8 Å². The molecule has 2 heterocycles. The molecule has 0 radical (unpaired) electrons. The molecule has 1 amide bonds. The lowest BCUT2D eigenvalue weighted by Gasteiger charge is -2.27. The third kappa shape index (κ3) is 4.05. The van der Waals surface area contributed by atoms with Crippen molar-refractivity contribution in [3.63, 3.8) is 0 Å². The molecule has 4 rings (SSSR count). The van der Waals surface area contributed by atoms with E-state index < -0.39 is 21.7 Å². The highest BCUT2D eigenvalue weighted by molar-refractivity contribution is 7.92. The third-order valence-corrected chi connectivity index (χ3v) is 7.92. The van der Waals surface area contributed by atoms with Crippen molar-refractivity contribution in [2.45, 2.75) is 17.9 Å². The van der Waals surface area contributed by atoms with Crippen LogP contribution < -0.4 is 4.72 Å². The number of carbonyl (C=O) groups is 1. The third-order valence-electron chi connectivity index (χ3n) is 4.75. The summed E-state index contributed by atoms with van der Waals surface area (Å²) in [6, 6.07) is 9.67. The molecule has 10 heteroatoms. The average molecular weight is 485 g/mol. The van der Waals surface area contributed by atoms with Crippen LogP contribution in [-0.2, 0) is 23.0 Å². The Bertz CT molecular complexity index is 1240. The lowest BCUT2D eigenvalue weighted by Crippen LogP contribution is -2.35. The molecule has 1 N–H and O–H groups in total. The van der Waals surface area contributed by atoms with Crippen molar-refractivity contribution < 1.29 is 17.6 Å². The van der Waals surface area contributed by atoms with Gasteiger partial charge in [0.1, 0.15) is 10.7 Å². The largest absolute Gasteiger partial charge is 0.334 e. The fourth-order valence-corrected chi connectivity index (χ4v) is 6.05. The number of nitrogens with zero attached hydrogens (tertiary/aromatic N) is 1. The summed E-state index contributed by atoms with van der Waals surface area (Å²) in [6.07, 6.45) is 0.726. The number of halogens is 3. The van der Waals surface area contributed by atoms with Gasteiger partial charge < -0.3 is 4.90 Å². The Balaban J connectivity index is 1.67. The van der Waals surface area contributed by atoms with Gasteiger partial charge in [0.2, 0.25) is 0 Å². The SMILES string of the molecule is O=C(c1cc(S(=O)(=O)Nc2ccccc2F)c(Cl)cc1Cl)N1CCc2sccc2C1. The molecule has 0 atom stereocenters. The Kier molecular flexibility index (Phi) is 5.76. The van der Waals surface area contributed by atoms with Gasteiger partial charge in [-0.3, -0.25) is 9.52 Å². The molecule has 5 nitrogen and oxygen atoms in total. The Hall–Kier alpha value is -2.13. The van der Waals surface area contributed by atoms with Crippen LogP contribution in [0.2, 0.25) is 10.0 Å². The van der Waals surface area contributed by atoms with Crippen molar-refractivity contribution in [3.8, 4) is 0 Å². The first-order chi connectivity index (χ1) is 14.3. The van der Waals surface area contributed by atoms with E-state index in [1.807, 2.05) is 11.4 Å². The van der Waals surface area contributed by atoms with Gasteiger partial charge in [0.15, 0.2) is 0 Å². The summed E-state index contributed by atoms with van der Waals surface area (Å²) in [7, 11) is -4.26. The normalized spacial score (nSPS) is 13.8. The summed E-state index contributed by atoms with van der Waals surface area (Å²) in [4.78, 5) is 15.6. The number of para-hydroxylation sites is 1. The maximum absolute atomic E-state index is 13.9. The van der Waals surface area contributed by atoms with E-state index in [1.165, 1.54) is 29.1 Å². The zero-order valence-corrected chi connectivity index (χ0v) is 18.5. The molecule has 3 aromatic rings. The van der Waals surface area contributed by atoms with Crippen molar-refractivity contribution in [2.24, 2.45) is 0 Å². The van der Waals surface area contributed by atoms with E-state index in [1.54, 1.807) is 16.2 Å². The first-order valence-electron chi connectivity index (χ1n) is 8.87. The quantitative estimate of drug-likeness (QED) is 0.553. The van der Waals surface area contributed by atoms with Crippen LogP contribution in [0.3, 0.4) is 0 Å². The number of rotatable bonds is 4. The minimum absolute atomic E-state index is 0.0219. The van der Waals surface area contributed by atoms with Crippen LogP contribution in [0.25, 0.3) is 0 Å². The Morgan fingerprint density at radius 1 is 1.13 bits per heavy atom. The standard InChI is InChI=1S/C20H15Cl2FN2O3S2/c21-14-10-15(22)19(30(27,28)24-17-4-2-1-3-16(17)23)9-13(14)20(26)25-7-5-18-12(11-25)6-8-29-18/h1-4,6,8-10,24H,5,7,11H2. The number of thiophene rings is 1. The number of anilines is 1. The molecule has 30 heavy (non-hydrogen) atoms. The van der Waals surface area contributed by atoms with E-state index in [-0.39, 0.29) is 26.2 Å². The number of nitrogens with one attached hydrogen (secondary N) is 1. The maximum atomic E-state index is 13.9. The predicted molar refractivity (Wildman–Crippen MR) is 116 cm³/mol. The number of hydrogen-bond donors (Lipinski definition) is 1. The first kappa shape index (κ1) is 21.1. The molecule has 0 saturated carbocycles. The predicted octanol–water partition coefficient (Wildman–Crippen LogP) is 5.19. The van der Waals surface area contributed by atoms with Crippen LogP contribution in [0.15, 0.2) is 52.7 Å². The minimum Gasteiger partial charge on any atom is -0.334 e. The van der Waals surface area contributed by atoms with E-state index in [2.05, 4.69) is 4.72 Å². The van der Waals surface area contributed by atoms with Crippen molar-refractivity contribution in [3.05, 3.63) is 79.7 Å². The van der Waals surface area contributed by atoms with E-state index in [0.717, 1.165) is 24.1 Å². The second kappa shape index (κ2) is 8.19. The summed E-state index contributed by atoms with van der Waals surface area (Å²) in [5.74, 6) is -1.13. The smallest absolute Gasteiger partial charge is 0.263 e. The van der Waals surface area contributed by atoms with Gasteiger partial charge in [-0.05, 0) is 47.7 Å². The van der Waals surface area contributed by atoms with Gasteiger partial charge in [-0.15, -0.1) is 11.3 Å². The molecule has 0 saturated heterocycles. The van der Waals surface area contributed by atoms with Crippen LogP contribution in [-0.4, -0.2) is 25.8 Å². The molecule has 0 bridgehead atoms. The van der Waals surface area contributed by atoms with Crippen molar-refractivity contribution in [2.75, 3.05) is 11.3 Å². The van der Waals surface area contributed by atoms with Crippen LogP contribution >= 0.6 is 34.5 Å². The second-order valence-corrected chi connectivity index (χ2v) is 10.2. The average Bonchev–Trinajstić information content (AvgIpc) is 3.17. The van der Waals surface area contributed by atoms with Gasteiger partial charge in [-0.1, -0.05) is 35.3 Å². The molecule has 1 aliphatic heterocycles. The first-order valence-corrected chi connectivity index (χ1v) is 12.0. The van der Waals surface area contributed by atoms with Crippen molar-refractivity contribution >= 4 is 56.2 Å². The summed E-state index contributed by atoms with van der Waals surface area (Å²) < 4.78 is 41.7. The van der Waals surface area contributed by atoms with Gasteiger partial charge in [0.05, 0.1) is 21.3 Å². The Labute approximate surface area is 187 Å². The monoisotopic (exact) mass is 484 g/mol. The molecule has 0 spiro atoms. The highest BCUT2D eigenvalue weighted by Crippen LogP contribution is 2.32. The van der Waals surface area contributed by atoms with Gasteiger partial charge in [-0.25, -0.2) is 12.8 Å². The molecule has 156 valence electrons. The van der Waals surface area contributed by atoms with Gasteiger partial charge in [-0.2, -0.15) is 0 Å². The molecular weight excluding hydrogens is 470 g/mol. The van der Waals surface area contributed by atoms with Gasteiger partial charge in [0.25, 0.3) is 15.9 Å². The molecule has 1 aromatic heterocycles. The zero-order chi connectivity index (χ0) is 21.5. The minimum atomic E-state index is -4.26.